The maximum Gasteiger partial charge on any atom is 0.260 e. The first-order valence-corrected chi connectivity index (χ1v) is 12.6. The fourth-order valence-corrected chi connectivity index (χ4v) is 5.89. The molecule has 0 aliphatic rings. The molecule has 0 amide bonds. The topological polar surface area (TPSA) is 83.6 Å². The van der Waals surface area contributed by atoms with Crippen molar-refractivity contribution in [3.63, 3.8) is 0 Å². The van der Waals surface area contributed by atoms with Crippen molar-refractivity contribution in [1.29, 1.82) is 0 Å². The summed E-state index contributed by atoms with van der Waals surface area (Å²) >= 11 is 4.48. The van der Waals surface area contributed by atoms with Crippen LogP contribution >= 0.6 is 34.4 Å². The van der Waals surface area contributed by atoms with Gasteiger partial charge in [-0.3, -0.25) is 4.79 Å². The summed E-state index contributed by atoms with van der Waals surface area (Å²) in [5.74, 6) is 1.15. The van der Waals surface area contributed by atoms with Gasteiger partial charge < -0.3 is 10.3 Å². The number of nitrogens with one attached hydrogen (secondary N) is 2. The number of hydrogen-bond donors (Lipinski definition) is 2. The lowest BCUT2D eigenvalue weighted by molar-refractivity contribution is 1.00. The van der Waals surface area contributed by atoms with E-state index in [1.165, 1.54) is 45.6 Å². The Bertz CT molecular complexity index is 1460. The molecule has 9 heteroatoms. The van der Waals surface area contributed by atoms with Gasteiger partial charge in [-0.25, -0.2) is 4.98 Å². The Labute approximate surface area is 196 Å². The zero-order valence-corrected chi connectivity index (χ0v) is 19.8. The zero-order valence-electron chi connectivity index (χ0n) is 17.4. The van der Waals surface area contributed by atoms with E-state index in [9.17, 15) is 4.79 Å². The van der Waals surface area contributed by atoms with Crippen LogP contribution in [0.4, 0.5) is 10.8 Å². The van der Waals surface area contributed by atoms with Gasteiger partial charge in [0.2, 0.25) is 5.13 Å². The van der Waals surface area contributed by atoms with Crippen molar-refractivity contribution in [3.05, 3.63) is 81.2 Å². The lowest BCUT2D eigenvalue weighted by atomic mass is 10.1. The van der Waals surface area contributed by atoms with Crippen molar-refractivity contribution >= 4 is 55.5 Å². The molecule has 32 heavy (non-hydrogen) atoms. The van der Waals surface area contributed by atoms with Crippen LogP contribution in [0.5, 0.6) is 0 Å². The molecule has 0 fully saturated rings. The van der Waals surface area contributed by atoms with Gasteiger partial charge in [-0.05, 0) is 42.7 Å². The molecular weight excluding hydrogens is 458 g/mol. The predicted octanol–water partition coefficient (Wildman–Crippen LogP) is 6.16. The summed E-state index contributed by atoms with van der Waals surface area (Å²) in [4.78, 5) is 21.1. The van der Waals surface area contributed by atoms with Crippen LogP contribution in [0.3, 0.4) is 0 Å². The van der Waals surface area contributed by atoms with Crippen LogP contribution in [0.25, 0.3) is 21.3 Å². The monoisotopic (exact) mass is 477 g/mol. The Balaban J connectivity index is 1.30. The van der Waals surface area contributed by atoms with E-state index in [0.717, 1.165) is 31.1 Å². The predicted molar refractivity (Wildman–Crippen MR) is 134 cm³/mol. The van der Waals surface area contributed by atoms with Gasteiger partial charge in [0, 0.05) is 16.6 Å². The molecule has 3 aromatic heterocycles. The van der Waals surface area contributed by atoms with Crippen LogP contribution in [0, 0.1) is 13.8 Å². The molecule has 0 radical (unpaired) electrons. The second-order valence-corrected chi connectivity index (χ2v) is 10.4. The van der Waals surface area contributed by atoms with E-state index in [2.05, 4.69) is 51.5 Å². The summed E-state index contributed by atoms with van der Waals surface area (Å²) in [5.41, 5.74) is 5.30. The van der Waals surface area contributed by atoms with Crippen LogP contribution in [0.1, 0.15) is 17.0 Å². The van der Waals surface area contributed by atoms with Crippen LogP contribution in [-0.2, 0) is 5.75 Å². The van der Waals surface area contributed by atoms with Crippen LogP contribution < -0.4 is 10.9 Å². The van der Waals surface area contributed by atoms with Gasteiger partial charge in [0.1, 0.15) is 10.7 Å². The van der Waals surface area contributed by atoms with Gasteiger partial charge in [0.05, 0.1) is 11.1 Å². The Morgan fingerprint density at radius 1 is 1.06 bits per heavy atom. The number of rotatable bonds is 6. The molecule has 0 saturated heterocycles. The number of aryl methyl sites for hydroxylation is 2. The molecule has 0 saturated carbocycles. The second kappa shape index (κ2) is 8.85. The average Bonchev–Trinajstić information content (AvgIpc) is 3.43. The number of hydrogen-bond acceptors (Lipinski definition) is 8. The fourth-order valence-electron chi connectivity index (χ4n) is 3.28. The maximum atomic E-state index is 12.8. The average molecular weight is 478 g/mol. The number of H-pyrrole nitrogens is 1. The molecule has 0 aliphatic carbocycles. The maximum absolute atomic E-state index is 12.8. The first-order chi connectivity index (χ1) is 15.6. The molecule has 0 spiro atoms. The SMILES string of the molecule is Cc1ccc(Nc2nnc(SCc3nc4scc(-c5ccccc5)c4c(=O)[nH]3)s2)cc1C. The van der Waals surface area contributed by atoms with E-state index < -0.39 is 0 Å². The number of anilines is 2. The second-order valence-electron chi connectivity index (χ2n) is 7.29. The van der Waals surface area contributed by atoms with Crippen molar-refractivity contribution in [1.82, 2.24) is 20.2 Å². The smallest absolute Gasteiger partial charge is 0.260 e. The first-order valence-electron chi connectivity index (χ1n) is 9.93. The molecule has 0 bridgehead atoms. The minimum absolute atomic E-state index is 0.111. The number of fused-ring (bicyclic) bond motifs is 1. The molecule has 2 aromatic carbocycles. The summed E-state index contributed by atoms with van der Waals surface area (Å²) in [5, 5.41) is 15.1. The number of aromatic amines is 1. The van der Waals surface area contributed by atoms with Gasteiger partial charge >= 0.3 is 0 Å². The lowest BCUT2D eigenvalue weighted by Gasteiger charge is -2.05. The summed E-state index contributed by atoms with van der Waals surface area (Å²) in [6, 6.07) is 16.1. The Morgan fingerprint density at radius 3 is 2.72 bits per heavy atom. The summed E-state index contributed by atoms with van der Waals surface area (Å²) in [7, 11) is 0. The third-order valence-corrected chi connectivity index (χ3v) is 7.93. The molecule has 0 atom stereocenters. The Kier molecular flexibility index (Phi) is 5.77. The van der Waals surface area contributed by atoms with Crippen LogP contribution in [-0.4, -0.2) is 20.2 Å². The number of benzene rings is 2. The summed E-state index contributed by atoms with van der Waals surface area (Å²) in [6.45, 7) is 4.18. The minimum Gasteiger partial charge on any atom is -0.330 e. The normalized spacial score (nSPS) is 11.2. The Morgan fingerprint density at radius 2 is 1.91 bits per heavy atom. The molecule has 5 aromatic rings. The number of thioether (sulfide) groups is 1. The highest BCUT2D eigenvalue weighted by molar-refractivity contribution is 8.00. The lowest BCUT2D eigenvalue weighted by Crippen LogP contribution is -2.10. The molecule has 5 rings (SSSR count). The van der Waals surface area contributed by atoms with Crippen LogP contribution in [0.2, 0.25) is 0 Å². The molecule has 6 nitrogen and oxygen atoms in total. The summed E-state index contributed by atoms with van der Waals surface area (Å²) < 4.78 is 0.815. The van der Waals surface area contributed by atoms with E-state index in [4.69, 9.17) is 0 Å². The third kappa shape index (κ3) is 4.32. The molecule has 3 heterocycles. The highest BCUT2D eigenvalue weighted by atomic mass is 32.2. The fraction of sp³-hybridized carbons (Fsp3) is 0.130. The van der Waals surface area contributed by atoms with Crippen molar-refractivity contribution in [2.75, 3.05) is 5.32 Å². The van der Waals surface area contributed by atoms with Gasteiger partial charge in [-0.2, -0.15) is 0 Å². The largest absolute Gasteiger partial charge is 0.330 e. The number of thiophene rings is 1. The first kappa shape index (κ1) is 20.9. The van der Waals surface area contributed by atoms with Crippen LogP contribution in [0.15, 0.2) is 63.0 Å². The number of nitrogens with zero attached hydrogens (tertiary/aromatic N) is 3. The van der Waals surface area contributed by atoms with Gasteiger partial charge in [-0.1, -0.05) is 59.5 Å². The molecular formula is C23H19N5OS3. The van der Waals surface area contributed by atoms with E-state index in [1.807, 2.05) is 41.8 Å². The summed E-state index contributed by atoms with van der Waals surface area (Å²) in [6.07, 6.45) is 0. The van der Waals surface area contributed by atoms with E-state index in [0.29, 0.717) is 17.0 Å². The van der Waals surface area contributed by atoms with Crippen molar-refractivity contribution < 1.29 is 0 Å². The van der Waals surface area contributed by atoms with E-state index >= 15 is 0 Å². The quantitative estimate of drug-likeness (QED) is 0.285. The zero-order chi connectivity index (χ0) is 22.1. The van der Waals surface area contributed by atoms with Gasteiger partial charge in [0.15, 0.2) is 4.34 Å². The molecule has 160 valence electrons. The van der Waals surface area contributed by atoms with Crippen molar-refractivity contribution in [2.45, 2.75) is 23.9 Å². The third-order valence-electron chi connectivity index (χ3n) is 5.07. The van der Waals surface area contributed by atoms with Crippen molar-refractivity contribution in [2.24, 2.45) is 0 Å². The molecule has 0 aliphatic heterocycles. The Hall–Kier alpha value is -3.01. The standard InChI is InChI=1S/C23H19N5OS3/c1-13-8-9-16(10-14(13)2)24-22-27-28-23(32-22)31-12-18-25-20(29)19-17(11-30-21(19)26-18)15-6-4-3-5-7-15/h3-11H,12H2,1-2H3,(H,24,27)(H,25,26,29). The number of aromatic nitrogens is 4. The van der Waals surface area contributed by atoms with Gasteiger partial charge in [0.25, 0.3) is 5.56 Å². The molecule has 2 N–H and O–H groups in total. The van der Waals surface area contributed by atoms with E-state index in [-0.39, 0.29) is 5.56 Å². The van der Waals surface area contributed by atoms with Gasteiger partial charge in [-0.15, -0.1) is 21.5 Å². The highest BCUT2D eigenvalue weighted by Crippen LogP contribution is 2.32. The highest BCUT2D eigenvalue weighted by Gasteiger charge is 2.14. The minimum atomic E-state index is -0.111. The van der Waals surface area contributed by atoms with Crippen molar-refractivity contribution in [3.8, 4) is 11.1 Å². The van der Waals surface area contributed by atoms with E-state index in [1.54, 1.807) is 0 Å². The molecule has 0 unspecified atom stereocenters.